The van der Waals surface area contributed by atoms with Crippen molar-refractivity contribution in [1.82, 2.24) is 4.98 Å². The van der Waals surface area contributed by atoms with Gasteiger partial charge >= 0.3 is 0 Å². The van der Waals surface area contributed by atoms with Crippen LogP contribution in [0.1, 0.15) is 35.5 Å². The van der Waals surface area contributed by atoms with E-state index in [2.05, 4.69) is 13.8 Å². The molecule has 0 saturated heterocycles. The van der Waals surface area contributed by atoms with Crippen molar-refractivity contribution in [1.29, 1.82) is 0 Å². The molecule has 2 aromatic rings. The summed E-state index contributed by atoms with van der Waals surface area (Å²) in [6, 6.07) is 2.05. The second-order valence-corrected chi connectivity index (χ2v) is 5.97. The van der Waals surface area contributed by atoms with Crippen molar-refractivity contribution in [3.05, 3.63) is 28.0 Å². The predicted octanol–water partition coefficient (Wildman–Crippen LogP) is 3.16. The predicted molar refractivity (Wildman–Crippen MR) is 69.0 cm³/mol. The molecule has 0 amide bonds. The summed E-state index contributed by atoms with van der Waals surface area (Å²) in [5.74, 6) is 1.49. The maximum Gasteiger partial charge on any atom is 0.113 e. The van der Waals surface area contributed by atoms with Crippen LogP contribution in [-0.2, 0) is 12.8 Å². The van der Waals surface area contributed by atoms with Crippen LogP contribution in [0.3, 0.4) is 0 Å². The van der Waals surface area contributed by atoms with Gasteiger partial charge in [-0.15, -0.1) is 11.3 Å². The molecule has 4 heteroatoms. The van der Waals surface area contributed by atoms with Crippen molar-refractivity contribution in [3.8, 4) is 11.3 Å². The summed E-state index contributed by atoms with van der Waals surface area (Å²) < 4.78 is 5.46. The van der Waals surface area contributed by atoms with Crippen LogP contribution in [-0.4, -0.2) is 4.98 Å². The molecule has 1 unspecified atom stereocenters. The van der Waals surface area contributed by atoms with Gasteiger partial charge in [0.1, 0.15) is 10.8 Å². The third kappa shape index (κ3) is 1.72. The molecule has 2 heterocycles. The zero-order valence-electron chi connectivity index (χ0n) is 10.1. The number of rotatable bonds is 2. The molecule has 90 valence electrons. The second-order valence-electron chi connectivity index (χ2n) is 4.85. The zero-order chi connectivity index (χ0) is 12.0. The van der Waals surface area contributed by atoms with E-state index in [-0.39, 0.29) is 6.04 Å². The summed E-state index contributed by atoms with van der Waals surface area (Å²) >= 11 is 1.76. The van der Waals surface area contributed by atoms with E-state index >= 15 is 0 Å². The lowest BCUT2D eigenvalue weighted by atomic mass is 10.0. The van der Waals surface area contributed by atoms with E-state index in [4.69, 9.17) is 15.1 Å². The first-order chi connectivity index (χ1) is 8.16. The molecule has 0 radical (unpaired) electrons. The maximum absolute atomic E-state index is 6.17. The Morgan fingerprint density at radius 1 is 1.41 bits per heavy atom. The van der Waals surface area contributed by atoms with Crippen LogP contribution in [0.15, 0.2) is 16.7 Å². The van der Waals surface area contributed by atoms with Gasteiger partial charge in [-0.3, -0.25) is 0 Å². The van der Waals surface area contributed by atoms with Crippen LogP contribution in [0.4, 0.5) is 0 Å². The fraction of sp³-hybridized carbons (Fsp3) is 0.462. The van der Waals surface area contributed by atoms with Crippen LogP contribution < -0.4 is 5.73 Å². The van der Waals surface area contributed by atoms with Crippen molar-refractivity contribution in [2.24, 2.45) is 11.7 Å². The quantitative estimate of drug-likeness (QED) is 0.888. The minimum Gasteiger partial charge on any atom is -0.469 e. The van der Waals surface area contributed by atoms with Crippen molar-refractivity contribution in [2.75, 3.05) is 0 Å². The highest BCUT2D eigenvalue weighted by atomic mass is 32.1. The summed E-state index contributed by atoms with van der Waals surface area (Å²) in [7, 11) is 0. The SMILES string of the molecule is CC(C)C(N)c1nc2c(s1)CCc1occc1-2. The Morgan fingerprint density at radius 3 is 3.00 bits per heavy atom. The fourth-order valence-electron chi connectivity index (χ4n) is 2.15. The van der Waals surface area contributed by atoms with E-state index in [0.29, 0.717) is 5.92 Å². The average molecular weight is 248 g/mol. The van der Waals surface area contributed by atoms with E-state index in [1.54, 1.807) is 17.6 Å². The number of nitrogens with zero attached hydrogens (tertiary/aromatic N) is 1. The third-order valence-corrected chi connectivity index (χ3v) is 4.51. The van der Waals surface area contributed by atoms with Crippen molar-refractivity contribution < 1.29 is 4.42 Å². The molecule has 1 atom stereocenters. The van der Waals surface area contributed by atoms with Gasteiger partial charge in [0.15, 0.2) is 0 Å². The normalized spacial score (nSPS) is 15.8. The second kappa shape index (κ2) is 3.96. The van der Waals surface area contributed by atoms with Crippen LogP contribution in [0.5, 0.6) is 0 Å². The molecule has 2 N–H and O–H groups in total. The average Bonchev–Trinajstić information content (AvgIpc) is 2.92. The number of thiazole rings is 1. The molecule has 0 aromatic carbocycles. The summed E-state index contributed by atoms with van der Waals surface area (Å²) in [6.07, 6.45) is 3.76. The molecular formula is C13H16N2OS. The van der Waals surface area contributed by atoms with Crippen LogP contribution in [0.25, 0.3) is 11.3 Å². The molecule has 1 aliphatic rings. The molecule has 0 spiro atoms. The topological polar surface area (TPSA) is 52.0 Å². The highest BCUT2D eigenvalue weighted by Gasteiger charge is 2.25. The number of aryl methyl sites for hydroxylation is 2. The Morgan fingerprint density at radius 2 is 2.24 bits per heavy atom. The molecule has 0 aliphatic heterocycles. The van der Waals surface area contributed by atoms with Gasteiger partial charge in [0.2, 0.25) is 0 Å². The summed E-state index contributed by atoms with van der Waals surface area (Å²) in [5.41, 5.74) is 8.42. The number of hydrogen-bond donors (Lipinski definition) is 1. The lowest BCUT2D eigenvalue weighted by Crippen LogP contribution is -2.16. The van der Waals surface area contributed by atoms with E-state index < -0.39 is 0 Å². The number of fused-ring (bicyclic) bond motifs is 3. The Labute approximate surface area is 105 Å². The molecule has 0 bridgehead atoms. The van der Waals surface area contributed by atoms with Crippen LogP contribution in [0.2, 0.25) is 0 Å². The number of hydrogen-bond acceptors (Lipinski definition) is 4. The molecular weight excluding hydrogens is 232 g/mol. The van der Waals surface area contributed by atoms with Crippen LogP contribution >= 0.6 is 11.3 Å². The van der Waals surface area contributed by atoms with E-state index in [1.165, 1.54) is 4.88 Å². The maximum atomic E-state index is 6.17. The monoisotopic (exact) mass is 248 g/mol. The molecule has 3 nitrogen and oxygen atoms in total. The van der Waals surface area contributed by atoms with E-state index in [0.717, 1.165) is 34.9 Å². The summed E-state index contributed by atoms with van der Waals surface area (Å²) in [4.78, 5) is 6.07. The Balaban J connectivity index is 2.05. The zero-order valence-corrected chi connectivity index (χ0v) is 10.9. The first-order valence-corrected chi connectivity index (χ1v) is 6.80. The molecule has 0 saturated carbocycles. The standard InChI is InChI=1S/C13H16N2OS/c1-7(2)11(14)13-15-12-8-5-6-16-9(8)3-4-10(12)17-13/h5-7,11H,3-4,14H2,1-2H3. The number of aromatic nitrogens is 1. The Hall–Kier alpha value is -1.13. The largest absolute Gasteiger partial charge is 0.469 e. The van der Waals surface area contributed by atoms with Gasteiger partial charge in [-0.2, -0.15) is 0 Å². The summed E-state index contributed by atoms with van der Waals surface area (Å²) in [6.45, 7) is 4.27. The van der Waals surface area contributed by atoms with E-state index in [1.807, 2.05) is 6.07 Å². The fourth-order valence-corrected chi connectivity index (χ4v) is 3.40. The van der Waals surface area contributed by atoms with Gasteiger partial charge in [-0.05, 0) is 18.4 Å². The van der Waals surface area contributed by atoms with Crippen LogP contribution in [0, 0.1) is 5.92 Å². The van der Waals surface area contributed by atoms with Gasteiger partial charge in [0.05, 0.1) is 18.0 Å². The van der Waals surface area contributed by atoms with Gasteiger partial charge < -0.3 is 10.2 Å². The molecule has 3 rings (SSSR count). The van der Waals surface area contributed by atoms with Crippen molar-refractivity contribution in [2.45, 2.75) is 32.7 Å². The number of nitrogens with two attached hydrogens (primary N) is 1. The minimum absolute atomic E-state index is 0.0425. The van der Waals surface area contributed by atoms with Crippen molar-refractivity contribution >= 4 is 11.3 Å². The third-order valence-electron chi connectivity index (χ3n) is 3.30. The van der Waals surface area contributed by atoms with Gasteiger partial charge in [-0.1, -0.05) is 13.8 Å². The molecule has 0 fully saturated rings. The van der Waals surface area contributed by atoms with E-state index in [9.17, 15) is 0 Å². The Bertz CT molecular complexity index is 541. The number of furan rings is 1. The highest BCUT2D eigenvalue weighted by molar-refractivity contribution is 7.12. The molecule has 1 aliphatic carbocycles. The Kier molecular flexibility index (Phi) is 2.56. The lowest BCUT2D eigenvalue weighted by Gasteiger charge is -2.11. The minimum atomic E-state index is 0.0425. The van der Waals surface area contributed by atoms with Crippen molar-refractivity contribution in [3.63, 3.8) is 0 Å². The lowest BCUT2D eigenvalue weighted by molar-refractivity contribution is 0.507. The highest BCUT2D eigenvalue weighted by Crippen LogP contribution is 2.38. The smallest absolute Gasteiger partial charge is 0.113 e. The summed E-state index contributed by atoms with van der Waals surface area (Å²) in [5, 5.41) is 1.05. The van der Waals surface area contributed by atoms with Gasteiger partial charge in [-0.25, -0.2) is 4.98 Å². The van der Waals surface area contributed by atoms with Gasteiger partial charge in [0, 0.05) is 16.9 Å². The first-order valence-electron chi connectivity index (χ1n) is 5.98. The molecule has 17 heavy (non-hydrogen) atoms. The van der Waals surface area contributed by atoms with Gasteiger partial charge in [0.25, 0.3) is 0 Å². The molecule has 2 aromatic heterocycles. The first kappa shape index (κ1) is 11.0.